The number of aliphatic hydroxyl groups is 5. The Morgan fingerprint density at radius 2 is 1.75 bits per heavy atom. The van der Waals surface area contributed by atoms with Crippen LogP contribution in [0, 0.1) is 0 Å². The Morgan fingerprint density at radius 3 is 2.44 bits per heavy atom. The lowest BCUT2D eigenvalue weighted by Gasteiger charge is -2.45. The molecule has 8 heteroatoms. The zero-order valence-corrected chi connectivity index (χ0v) is 17.8. The van der Waals surface area contributed by atoms with Crippen LogP contribution in [-0.4, -0.2) is 67.5 Å². The minimum Gasteiger partial charge on any atom is -0.454 e. The van der Waals surface area contributed by atoms with E-state index in [2.05, 4.69) is 36.2 Å². The molecular formula is C24H29NO7. The quantitative estimate of drug-likeness (QED) is 0.300. The largest absolute Gasteiger partial charge is 0.454 e. The maximum absolute atomic E-state index is 10.9. The van der Waals surface area contributed by atoms with Crippen LogP contribution in [-0.2, 0) is 24.0 Å². The standard InChI is InChI=1S/C24H29NO7/c1-2-14-6-8-15(9-7-14)10-11-16-12-25-17-4-3-5-18(20(16)17)32-24(30)22(28)21(27)19(13-26)31-23(24)29/h3-9,12,19,21-23,25-30H,2,10-11,13H2,1H3/t19-,21-,22+,23?,24+/m1/s1. The van der Waals surface area contributed by atoms with Gasteiger partial charge in [-0.05, 0) is 48.1 Å². The third kappa shape index (κ3) is 4.13. The van der Waals surface area contributed by atoms with E-state index in [9.17, 15) is 25.5 Å². The summed E-state index contributed by atoms with van der Waals surface area (Å²) in [4.78, 5) is 3.18. The van der Waals surface area contributed by atoms with Crippen LogP contribution in [0.5, 0.6) is 5.75 Å². The lowest BCUT2D eigenvalue weighted by atomic mass is 9.95. The van der Waals surface area contributed by atoms with Crippen LogP contribution in [0.4, 0.5) is 0 Å². The molecule has 8 nitrogen and oxygen atoms in total. The van der Waals surface area contributed by atoms with Gasteiger partial charge in [0.1, 0.15) is 18.0 Å². The second-order valence-corrected chi connectivity index (χ2v) is 8.16. The van der Waals surface area contributed by atoms with E-state index in [-0.39, 0.29) is 5.75 Å². The highest BCUT2D eigenvalue weighted by Gasteiger charge is 2.57. The zero-order valence-electron chi connectivity index (χ0n) is 17.8. The maximum atomic E-state index is 10.9. The fourth-order valence-corrected chi connectivity index (χ4v) is 4.10. The molecule has 6 N–H and O–H groups in total. The second kappa shape index (κ2) is 9.19. The van der Waals surface area contributed by atoms with Gasteiger partial charge < -0.3 is 40.0 Å². The molecule has 1 saturated heterocycles. The summed E-state index contributed by atoms with van der Waals surface area (Å²) in [5.41, 5.74) is 4.17. The number of hydrogen-bond donors (Lipinski definition) is 6. The van der Waals surface area contributed by atoms with Crippen LogP contribution in [0.15, 0.2) is 48.7 Å². The minimum absolute atomic E-state index is 0.221. The normalized spacial score (nSPS) is 28.2. The molecular weight excluding hydrogens is 414 g/mol. The summed E-state index contributed by atoms with van der Waals surface area (Å²) in [6.45, 7) is 1.48. The van der Waals surface area contributed by atoms with E-state index in [1.165, 1.54) is 11.1 Å². The average Bonchev–Trinajstić information content (AvgIpc) is 3.23. The molecule has 0 saturated carbocycles. The molecule has 0 amide bonds. The first-order valence-corrected chi connectivity index (χ1v) is 10.8. The van der Waals surface area contributed by atoms with Crippen molar-refractivity contribution in [2.75, 3.05) is 6.61 Å². The van der Waals surface area contributed by atoms with Crippen molar-refractivity contribution in [2.45, 2.75) is 56.6 Å². The van der Waals surface area contributed by atoms with Crippen LogP contribution in [0.25, 0.3) is 10.9 Å². The summed E-state index contributed by atoms with van der Waals surface area (Å²) >= 11 is 0. The van der Waals surface area contributed by atoms with Gasteiger partial charge in [-0.1, -0.05) is 37.3 Å². The molecule has 0 aliphatic carbocycles. The van der Waals surface area contributed by atoms with Gasteiger partial charge >= 0.3 is 0 Å². The van der Waals surface area contributed by atoms with E-state index in [4.69, 9.17) is 9.47 Å². The van der Waals surface area contributed by atoms with E-state index in [1.54, 1.807) is 12.1 Å². The lowest BCUT2D eigenvalue weighted by Crippen LogP contribution is -2.69. The first-order valence-electron chi connectivity index (χ1n) is 10.8. The highest BCUT2D eigenvalue weighted by molar-refractivity contribution is 5.89. The molecule has 1 aliphatic rings. The van der Waals surface area contributed by atoms with Crippen molar-refractivity contribution in [3.63, 3.8) is 0 Å². The Balaban J connectivity index is 1.60. The number of rotatable bonds is 7. The molecule has 172 valence electrons. The number of fused-ring (bicyclic) bond motifs is 1. The summed E-state index contributed by atoms with van der Waals surface area (Å²) in [6, 6.07) is 13.6. The minimum atomic E-state index is -2.62. The number of ether oxygens (including phenoxy) is 2. The van der Waals surface area contributed by atoms with Crippen molar-refractivity contribution >= 4 is 10.9 Å². The fourth-order valence-electron chi connectivity index (χ4n) is 4.10. The molecule has 3 aromatic rings. The van der Waals surface area contributed by atoms with Crippen molar-refractivity contribution < 1.29 is 35.0 Å². The van der Waals surface area contributed by atoms with Gasteiger partial charge in [0, 0.05) is 17.1 Å². The van der Waals surface area contributed by atoms with Crippen molar-refractivity contribution in [3.05, 3.63) is 65.4 Å². The van der Waals surface area contributed by atoms with E-state index < -0.39 is 37.0 Å². The maximum Gasteiger partial charge on any atom is 0.288 e. The van der Waals surface area contributed by atoms with Crippen molar-refractivity contribution in [2.24, 2.45) is 0 Å². The molecule has 5 atom stereocenters. The molecule has 2 heterocycles. The van der Waals surface area contributed by atoms with Crippen LogP contribution in [0.3, 0.4) is 0 Å². The third-order valence-electron chi connectivity index (χ3n) is 6.10. The van der Waals surface area contributed by atoms with Crippen molar-refractivity contribution in [3.8, 4) is 5.75 Å². The van der Waals surface area contributed by atoms with Crippen LogP contribution < -0.4 is 4.74 Å². The summed E-state index contributed by atoms with van der Waals surface area (Å²) in [5.74, 6) is -2.40. The van der Waals surface area contributed by atoms with Gasteiger partial charge in [-0.25, -0.2) is 0 Å². The summed E-state index contributed by atoms with van der Waals surface area (Å²) in [6.07, 6.45) is -2.44. The fraction of sp³-hybridized carbons (Fsp3) is 0.417. The number of aliphatic hydroxyl groups excluding tert-OH is 4. The Labute approximate surface area is 185 Å². The predicted octanol–water partition coefficient (Wildman–Crippen LogP) is 1.01. The summed E-state index contributed by atoms with van der Waals surface area (Å²) in [7, 11) is 0. The van der Waals surface area contributed by atoms with Crippen LogP contribution >= 0.6 is 0 Å². The van der Waals surface area contributed by atoms with E-state index in [1.807, 2.05) is 12.3 Å². The Kier molecular flexibility index (Phi) is 6.52. The van der Waals surface area contributed by atoms with Crippen molar-refractivity contribution in [1.29, 1.82) is 0 Å². The van der Waals surface area contributed by atoms with Gasteiger partial charge in [0.05, 0.1) is 6.61 Å². The van der Waals surface area contributed by atoms with Crippen LogP contribution in [0.1, 0.15) is 23.6 Å². The van der Waals surface area contributed by atoms with Crippen LogP contribution in [0.2, 0.25) is 0 Å². The second-order valence-electron chi connectivity index (χ2n) is 8.16. The van der Waals surface area contributed by atoms with Gasteiger partial charge in [-0.15, -0.1) is 0 Å². The number of aryl methyl sites for hydroxylation is 3. The van der Waals surface area contributed by atoms with Crippen molar-refractivity contribution in [1.82, 2.24) is 4.98 Å². The molecule has 1 aromatic heterocycles. The molecule has 0 bridgehead atoms. The topological polar surface area (TPSA) is 135 Å². The van der Waals surface area contributed by atoms with Gasteiger partial charge in [-0.2, -0.15) is 0 Å². The SMILES string of the molecule is CCc1ccc(CCc2c[nH]c3cccc(O[C@]4(O)C(O)O[C@H](CO)[C@@H](O)[C@@H]4O)c23)cc1. The molecule has 0 radical (unpaired) electrons. The first-order chi connectivity index (χ1) is 15.4. The molecule has 1 unspecified atom stereocenters. The third-order valence-corrected chi connectivity index (χ3v) is 6.10. The Bertz CT molecular complexity index is 1050. The number of H-pyrrole nitrogens is 1. The average molecular weight is 443 g/mol. The molecule has 2 aromatic carbocycles. The number of aromatic nitrogens is 1. The van der Waals surface area contributed by atoms with Gasteiger partial charge in [0.2, 0.25) is 6.29 Å². The number of nitrogens with one attached hydrogen (secondary N) is 1. The van der Waals surface area contributed by atoms with Gasteiger partial charge in [0.25, 0.3) is 5.79 Å². The van der Waals surface area contributed by atoms with Gasteiger partial charge in [0.15, 0.2) is 6.10 Å². The Morgan fingerprint density at radius 1 is 1.03 bits per heavy atom. The summed E-state index contributed by atoms with van der Waals surface area (Å²) < 4.78 is 10.8. The smallest absolute Gasteiger partial charge is 0.288 e. The number of aromatic amines is 1. The van der Waals surface area contributed by atoms with E-state index in [0.29, 0.717) is 11.8 Å². The molecule has 4 rings (SSSR count). The summed E-state index contributed by atoms with van der Waals surface area (Å²) in [5, 5.41) is 51.7. The first kappa shape index (κ1) is 22.7. The molecule has 1 aliphatic heterocycles. The number of benzene rings is 2. The predicted molar refractivity (Wildman–Crippen MR) is 117 cm³/mol. The molecule has 32 heavy (non-hydrogen) atoms. The van der Waals surface area contributed by atoms with E-state index in [0.717, 1.165) is 23.9 Å². The zero-order chi connectivity index (χ0) is 22.9. The Hall–Kier alpha value is -2.46. The molecule has 0 spiro atoms. The van der Waals surface area contributed by atoms with Gasteiger partial charge in [-0.3, -0.25) is 0 Å². The lowest BCUT2D eigenvalue weighted by molar-refractivity contribution is -0.385. The van der Waals surface area contributed by atoms with E-state index >= 15 is 0 Å². The molecule has 1 fully saturated rings. The number of hydrogen-bond acceptors (Lipinski definition) is 7. The highest BCUT2D eigenvalue weighted by atomic mass is 16.7. The highest BCUT2D eigenvalue weighted by Crippen LogP contribution is 2.36. The monoisotopic (exact) mass is 443 g/mol.